The van der Waals surface area contributed by atoms with Gasteiger partial charge in [0.25, 0.3) is 0 Å². The predicted octanol–water partition coefficient (Wildman–Crippen LogP) is 6.77. The van der Waals surface area contributed by atoms with Gasteiger partial charge in [0.15, 0.2) is 0 Å². The van der Waals surface area contributed by atoms with Crippen molar-refractivity contribution in [1.82, 2.24) is 9.47 Å². The number of carbonyl (C=O) groups is 1. The Morgan fingerprint density at radius 1 is 0.971 bits per heavy atom. The van der Waals surface area contributed by atoms with Crippen LogP contribution in [0.5, 0.6) is 5.88 Å². The summed E-state index contributed by atoms with van der Waals surface area (Å²) < 4.78 is 2.38. The summed E-state index contributed by atoms with van der Waals surface area (Å²) in [6, 6.07) is 24.0. The van der Waals surface area contributed by atoms with Crippen LogP contribution in [-0.2, 0) is 6.54 Å². The molecule has 5 nitrogen and oxygen atoms in total. The van der Waals surface area contributed by atoms with Crippen LogP contribution in [0.15, 0.2) is 77.8 Å². The molecule has 1 aromatic heterocycles. The lowest BCUT2D eigenvalue weighted by Crippen LogP contribution is -2.28. The number of carbonyl (C=O) groups excluding carboxylic acids is 1. The average molecular weight is 577 g/mol. The molecule has 5 rings (SSSR count). The molecule has 1 aliphatic rings. The van der Waals surface area contributed by atoms with Gasteiger partial charge in [-0.25, -0.2) is 4.99 Å². The van der Waals surface area contributed by atoms with E-state index in [2.05, 4.69) is 39.6 Å². The standard InChI is InChI=1S/C29H28IN3O2/c1-20(34)33-26-15-12-23(30)18-25(26)27(29(33)35)28(22-8-4-2-5-9-22)31-24-13-10-21(11-14-24)19-32-16-6-3-7-17-32/h2,4-5,8-15,18,35H,3,6-7,16-17,19H2,1H3. The molecule has 2 heterocycles. The number of piperidine rings is 1. The fourth-order valence-corrected chi connectivity index (χ4v) is 5.33. The zero-order valence-corrected chi connectivity index (χ0v) is 21.9. The normalized spacial score (nSPS) is 15.0. The number of fused-ring (bicyclic) bond motifs is 1. The van der Waals surface area contributed by atoms with Crippen LogP contribution in [0, 0.1) is 3.57 Å². The minimum Gasteiger partial charge on any atom is -0.494 e. The number of likely N-dealkylation sites (tertiary alicyclic amines) is 1. The molecule has 4 aromatic rings. The quantitative estimate of drug-likeness (QED) is 0.211. The monoisotopic (exact) mass is 577 g/mol. The largest absolute Gasteiger partial charge is 0.494 e. The first kappa shape index (κ1) is 23.8. The van der Waals surface area contributed by atoms with Gasteiger partial charge in [-0.1, -0.05) is 48.9 Å². The third-order valence-electron chi connectivity index (χ3n) is 6.54. The van der Waals surface area contributed by atoms with Gasteiger partial charge < -0.3 is 5.11 Å². The summed E-state index contributed by atoms with van der Waals surface area (Å²) in [4.78, 5) is 20.0. The van der Waals surface area contributed by atoms with E-state index in [1.807, 2.05) is 60.7 Å². The minimum absolute atomic E-state index is 0.0844. The molecule has 0 amide bonds. The van der Waals surface area contributed by atoms with Crippen LogP contribution in [0.25, 0.3) is 10.9 Å². The molecule has 0 aliphatic carbocycles. The Labute approximate surface area is 219 Å². The van der Waals surface area contributed by atoms with E-state index in [0.29, 0.717) is 16.8 Å². The highest BCUT2D eigenvalue weighted by Gasteiger charge is 2.24. The SMILES string of the molecule is CC(=O)n1c(O)c(C(=Nc2ccc(CN3CCCCC3)cc2)c2ccccc2)c2cc(I)ccc21. The Morgan fingerprint density at radius 2 is 1.69 bits per heavy atom. The molecule has 0 spiro atoms. The Kier molecular flexibility index (Phi) is 7.02. The van der Waals surface area contributed by atoms with Crippen molar-refractivity contribution in [2.75, 3.05) is 13.1 Å². The van der Waals surface area contributed by atoms with Crippen molar-refractivity contribution < 1.29 is 9.90 Å². The smallest absolute Gasteiger partial charge is 0.230 e. The van der Waals surface area contributed by atoms with Crippen LogP contribution in [-0.4, -0.2) is 39.3 Å². The van der Waals surface area contributed by atoms with Crippen molar-refractivity contribution in [3.05, 3.63) is 93.1 Å². The lowest BCUT2D eigenvalue weighted by molar-refractivity contribution is 0.0933. The molecule has 0 radical (unpaired) electrons. The number of aliphatic imine (C=N–C) groups is 1. The molecule has 1 N–H and O–H groups in total. The van der Waals surface area contributed by atoms with Crippen LogP contribution in [0.2, 0.25) is 0 Å². The molecule has 6 heteroatoms. The zero-order chi connectivity index (χ0) is 24.4. The maximum absolute atomic E-state index is 12.5. The Hall–Kier alpha value is -2.97. The molecule has 0 unspecified atom stereocenters. The van der Waals surface area contributed by atoms with E-state index >= 15 is 0 Å². The van der Waals surface area contributed by atoms with E-state index in [-0.39, 0.29) is 11.8 Å². The highest BCUT2D eigenvalue weighted by Crippen LogP contribution is 2.35. The van der Waals surface area contributed by atoms with E-state index in [0.717, 1.165) is 39.8 Å². The second-order valence-corrected chi connectivity index (χ2v) is 10.3. The first-order valence-corrected chi connectivity index (χ1v) is 13.1. The van der Waals surface area contributed by atoms with Crippen molar-refractivity contribution >= 4 is 50.8 Å². The first-order valence-electron chi connectivity index (χ1n) is 12.0. The van der Waals surface area contributed by atoms with Gasteiger partial charge in [-0.05, 0) is 84.4 Å². The molecule has 0 saturated carbocycles. The maximum atomic E-state index is 12.5. The lowest BCUT2D eigenvalue weighted by Gasteiger charge is -2.26. The number of aromatic hydroxyl groups is 1. The lowest BCUT2D eigenvalue weighted by atomic mass is 10.0. The number of rotatable bonds is 5. The highest BCUT2D eigenvalue weighted by atomic mass is 127. The van der Waals surface area contributed by atoms with Gasteiger partial charge in [-0.15, -0.1) is 0 Å². The summed E-state index contributed by atoms with van der Waals surface area (Å²) in [5, 5.41) is 12.1. The number of hydrogen-bond acceptors (Lipinski definition) is 4. The fourth-order valence-electron chi connectivity index (χ4n) is 4.84. The Bertz CT molecular complexity index is 1390. The number of hydrogen-bond donors (Lipinski definition) is 1. The predicted molar refractivity (Wildman–Crippen MR) is 150 cm³/mol. The molecular formula is C29H28IN3O2. The number of benzene rings is 3. The first-order chi connectivity index (χ1) is 17.0. The minimum atomic E-state index is -0.241. The van der Waals surface area contributed by atoms with Crippen molar-refractivity contribution in [2.24, 2.45) is 4.99 Å². The van der Waals surface area contributed by atoms with Gasteiger partial charge in [-0.2, -0.15) is 0 Å². The fraction of sp³-hybridized carbons (Fsp3) is 0.241. The second kappa shape index (κ2) is 10.3. The van der Waals surface area contributed by atoms with Crippen LogP contribution in [0.3, 0.4) is 0 Å². The Balaban J connectivity index is 1.61. The van der Waals surface area contributed by atoms with Crippen LogP contribution < -0.4 is 0 Å². The van der Waals surface area contributed by atoms with E-state index in [4.69, 9.17) is 4.99 Å². The maximum Gasteiger partial charge on any atom is 0.230 e. The number of nitrogens with zero attached hydrogens (tertiary/aromatic N) is 3. The molecule has 178 valence electrons. The topological polar surface area (TPSA) is 57.8 Å². The molecule has 1 aliphatic heterocycles. The van der Waals surface area contributed by atoms with Gasteiger partial charge >= 0.3 is 0 Å². The van der Waals surface area contributed by atoms with Crippen molar-refractivity contribution in [3.8, 4) is 5.88 Å². The molecule has 1 fully saturated rings. The third kappa shape index (κ3) is 5.04. The van der Waals surface area contributed by atoms with Gasteiger partial charge in [0.2, 0.25) is 11.8 Å². The summed E-state index contributed by atoms with van der Waals surface area (Å²) >= 11 is 2.25. The van der Waals surface area contributed by atoms with Crippen LogP contribution >= 0.6 is 22.6 Å². The van der Waals surface area contributed by atoms with E-state index in [9.17, 15) is 9.90 Å². The zero-order valence-electron chi connectivity index (χ0n) is 19.7. The van der Waals surface area contributed by atoms with E-state index < -0.39 is 0 Å². The van der Waals surface area contributed by atoms with Crippen LogP contribution in [0.1, 0.15) is 47.7 Å². The van der Waals surface area contributed by atoms with E-state index in [1.165, 1.54) is 36.3 Å². The molecule has 0 bridgehead atoms. The average Bonchev–Trinajstić information content (AvgIpc) is 3.15. The van der Waals surface area contributed by atoms with E-state index in [1.54, 1.807) is 0 Å². The Morgan fingerprint density at radius 3 is 2.37 bits per heavy atom. The van der Waals surface area contributed by atoms with Crippen molar-refractivity contribution in [1.29, 1.82) is 0 Å². The second-order valence-electron chi connectivity index (χ2n) is 9.04. The third-order valence-corrected chi connectivity index (χ3v) is 7.21. The number of aromatic nitrogens is 1. The summed E-state index contributed by atoms with van der Waals surface area (Å²) in [6.07, 6.45) is 3.89. The molecule has 35 heavy (non-hydrogen) atoms. The molecule has 0 atom stereocenters. The summed E-state index contributed by atoms with van der Waals surface area (Å²) in [5.74, 6) is -0.326. The number of halogens is 1. The van der Waals surface area contributed by atoms with Gasteiger partial charge in [0.1, 0.15) is 0 Å². The van der Waals surface area contributed by atoms with Gasteiger partial charge in [0, 0.05) is 28.0 Å². The van der Waals surface area contributed by atoms with Crippen LogP contribution in [0.4, 0.5) is 5.69 Å². The summed E-state index contributed by atoms with van der Waals surface area (Å²) in [6.45, 7) is 4.74. The van der Waals surface area contributed by atoms with Crippen molar-refractivity contribution in [3.63, 3.8) is 0 Å². The van der Waals surface area contributed by atoms with Gasteiger partial charge in [0.05, 0.1) is 22.5 Å². The summed E-state index contributed by atoms with van der Waals surface area (Å²) in [7, 11) is 0. The highest BCUT2D eigenvalue weighted by molar-refractivity contribution is 14.1. The van der Waals surface area contributed by atoms with Crippen molar-refractivity contribution in [2.45, 2.75) is 32.7 Å². The molecular weight excluding hydrogens is 549 g/mol. The van der Waals surface area contributed by atoms with Gasteiger partial charge in [-0.3, -0.25) is 14.3 Å². The summed E-state index contributed by atoms with van der Waals surface area (Å²) in [5.41, 5.74) is 4.83. The molecule has 1 saturated heterocycles. The molecule has 3 aromatic carbocycles.